The molecular weight excluding hydrogens is 128 g/mol. The van der Waals surface area contributed by atoms with Crippen LogP contribution < -0.4 is 5.01 Å². The summed E-state index contributed by atoms with van der Waals surface area (Å²) in [5.74, 6) is 0.340. The van der Waals surface area contributed by atoms with Gasteiger partial charge in [0.1, 0.15) is 5.75 Å². The molecule has 3 heteroatoms. The van der Waals surface area contributed by atoms with Crippen LogP contribution in [0.25, 0.3) is 0 Å². The topological polar surface area (TPSA) is 28.4 Å². The molecule has 0 saturated carbocycles. The number of hydrogen-bond donors (Lipinski definition) is 1. The predicted octanol–water partition coefficient (Wildman–Crippen LogP) is 0.535. The molecule has 0 radical (unpaired) electrons. The maximum Gasteiger partial charge on any atom is 0.135 e. The van der Waals surface area contributed by atoms with Crippen molar-refractivity contribution in [2.75, 3.05) is 18.1 Å². The first-order valence-corrected chi connectivity index (χ1v) is 3.48. The van der Waals surface area contributed by atoms with Crippen molar-refractivity contribution in [1.82, 2.24) is 4.68 Å². The molecule has 0 atom stereocenters. The first-order chi connectivity index (χ1) is 4.86. The summed E-state index contributed by atoms with van der Waals surface area (Å²) in [7, 11) is 0. The molecule has 1 aromatic heterocycles. The summed E-state index contributed by atoms with van der Waals surface area (Å²) in [5, 5.41) is 11.1. The van der Waals surface area contributed by atoms with Gasteiger partial charge in [0.15, 0.2) is 0 Å². The highest BCUT2D eigenvalue weighted by Gasteiger charge is 2.13. The van der Waals surface area contributed by atoms with Crippen molar-refractivity contribution in [1.29, 1.82) is 0 Å². The second-order valence-corrected chi connectivity index (χ2v) is 2.56. The van der Waals surface area contributed by atoms with Gasteiger partial charge in [0, 0.05) is 19.3 Å². The fourth-order valence-corrected chi connectivity index (χ4v) is 1.08. The Labute approximate surface area is 59.5 Å². The molecule has 0 unspecified atom stereocenters. The molecule has 1 fully saturated rings. The van der Waals surface area contributed by atoms with Crippen LogP contribution >= 0.6 is 0 Å². The van der Waals surface area contributed by atoms with Crippen molar-refractivity contribution in [3.8, 4) is 5.75 Å². The van der Waals surface area contributed by atoms with Gasteiger partial charge < -0.3 is 10.1 Å². The Kier molecular flexibility index (Phi) is 1.09. The summed E-state index contributed by atoms with van der Waals surface area (Å²) < 4.78 is 1.93. The summed E-state index contributed by atoms with van der Waals surface area (Å²) in [6.07, 6.45) is 4.85. The van der Waals surface area contributed by atoms with Gasteiger partial charge in [-0.1, -0.05) is 0 Å². The lowest BCUT2D eigenvalue weighted by atomic mass is 10.3. The van der Waals surface area contributed by atoms with E-state index in [1.807, 2.05) is 10.9 Å². The van der Waals surface area contributed by atoms with Gasteiger partial charge in [-0.25, -0.2) is 0 Å². The minimum Gasteiger partial charge on any atom is -0.506 e. The zero-order chi connectivity index (χ0) is 6.97. The Balaban J connectivity index is 2.17. The zero-order valence-corrected chi connectivity index (χ0v) is 5.70. The number of rotatable bonds is 1. The van der Waals surface area contributed by atoms with Crippen LogP contribution in [-0.4, -0.2) is 22.9 Å². The molecule has 2 rings (SSSR count). The molecule has 1 aliphatic heterocycles. The molecule has 1 saturated heterocycles. The highest BCUT2D eigenvalue weighted by molar-refractivity contribution is 5.17. The SMILES string of the molecule is Oc1ccn(N2CCC2)c1. The molecule has 1 aromatic rings. The van der Waals surface area contributed by atoms with Crippen molar-refractivity contribution < 1.29 is 5.11 Å². The average Bonchev–Trinajstić information content (AvgIpc) is 2.10. The highest BCUT2D eigenvalue weighted by atomic mass is 16.3. The van der Waals surface area contributed by atoms with E-state index in [0.717, 1.165) is 13.1 Å². The lowest BCUT2D eigenvalue weighted by Gasteiger charge is -2.33. The second-order valence-electron chi connectivity index (χ2n) is 2.56. The van der Waals surface area contributed by atoms with E-state index in [9.17, 15) is 0 Å². The molecule has 0 aromatic carbocycles. The third kappa shape index (κ3) is 0.744. The van der Waals surface area contributed by atoms with Gasteiger partial charge in [-0.05, 0) is 12.5 Å². The van der Waals surface area contributed by atoms with Crippen LogP contribution in [0.1, 0.15) is 6.42 Å². The summed E-state index contributed by atoms with van der Waals surface area (Å²) in [5.41, 5.74) is 0. The molecular formula is C7H10N2O. The van der Waals surface area contributed by atoms with Crippen molar-refractivity contribution >= 4 is 0 Å². The largest absolute Gasteiger partial charge is 0.506 e. The number of aromatic nitrogens is 1. The van der Waals surface area contributed by atoms with Gasteiger partial charge in [0.05, 0.1) is 6.20 Å². The monoisotopic (exact) mass is 138 g/mol. The second kappa shape index (κ2) is 1.94. The lowest BCUT2D eigenvalue weighted by Crippen LogP contribution is -2.44. The first kappa shape index (κ1) is 5.65. The third-order valence-corrected chi connectivity index (χ3v) is 1.82. The smallest absolute Gasteiger partial charge is 0.135 e. The lowest BCUT2D eigenvalue weighted by molar-refractivity contribution is 0.452. The maximum atomic E-state index is 8.97. The van der Waals surface area contributed by atoms with Gasteiger partial charge in [0.2, 0.25) is 0 Å². The highest BCUT2D eigenvalue weighted by Crippen LogP contribution is 2.11. The van der Waals surface area contributed by atoms with Crippen LogP contribution in [0.3, 0.4) is 0 Å². The quantitative estimate of drug-likeness (QED) is 0.613. The summed E-state index contributed by atoms with van der Waals surface area (Å²) in [4.78, 5) is 0. The summed E-state index contributed by atoms with van der Waals surface area (Å²) >= 11 is 0. The summed E-state index contributed by atoms with van der Waals surface area (Å²) in [6, 6.07) is 1.69. The van der Waals surface area contributed by atoms with Gasteiger partial charge >= 0.3 is 0 Å². The molecule has 1 aliphatic rings. The molecule has 10 heavy (non-hydrogen) atoms. The molecule has 54 valence electrons. The molecule has 0 aliphatic carbocycles. The molecule has 1 N–H and O–H groups in total. The molecule has 0 spiro atoms. The Hall–Kier alpha value is -1.12. The Bertz CT molecular complexity index is 227. The Morgan fingerprint density at radius 2 is 2.20 bits per heavy atom. The third-order valence-electron chi connectivity index (χ3n) is 1.82. The molecule has 0 bridgehead atoms. The van der Waals surface area contributed by atoms with Gasteiger partial charge in [0.25, 0.3) is 0 Å². The van der Waals surface area contributed by atoms with Crippen molar-refractivity contribution in [3.05, 3.63) is 18.5 Å². The van der Waals surface area contributed by atoms with Gasteiger partial charge in [-0.3, -0.25) is 4.68 Å². The van der Waals surface area contributed by atoms with Crippen molar-refractivity contribution in [2.45, 2.75) is 6.42 Å². The molecule has 2 heterocycles. The minimum atomic E-state index is 0.340. The van der Waals surface area contributed by atoms with E-state index in [-0.39, 0.29) is 0 Å². The van der Waals surface area contributed by atoms with E-state index < -0.39 is 0 Å². The average molecular weight is 138 g/mol. The first-order valence-electron chi connectivity index (χ1n) is 3.48. The van der Waals surface area contributed by atoms with Gasteiger partial charge in [-0.2, -0.15) is 0 Å². The Morgan fingerprint density at radius 1 is 1.40 bits per heavy atom. The predicted molar refractivity (Wildman–Crippen MR) is 38.7 cm³/mol. The number of aromatic hydroxyl groups is 1. The fourth-order valence-electron chi connectivity index (χ4n) is 1.08. The van der Waals surface area contributed by atoms with E-state index in [1.54, 1.807) is 12.3 Å². The van der Waals surface area contributed by atoms with Crippen LogP contribution in [0.2, 0.25) is 0 Å². The zero-order valence-electron chi connectivity index (χ0n) is 5.70. The normalized spacial score (nSPS) is 17.0. The van der Waals surface area contributed by atoms with E-state index in [0.29, 0.717) is 5.75 Å². The summed E-state index contributed by atoms with van der Waals surface area (Å²) in [6.45, 7) is 2.21. The van der Waals surface area contributed by atoms with Crippen LogP contribution in [0, 0.1) is 0 Å². The maximum absolute atomic E-state index is 8.97. The standard InChI is InChI=1S/C7H10N2O/c10-7-2-5-9(6-7)8-3-1-4-8/h2,5-6,10H,1,3-4H2. The van der Waals surface area contributed by atoms with Crippen LogP contribution in [-0.2, 0) is 0 Å². The number of nitrogens with zero attached hydrogens (tertiary/aromatic N) is 2. The van der Waals surface area contributed by atoms with E-state index in [4.69, 9.17) is 5.11 Å². The fraction of sp³-hybridized carbons (Fsp3) is 0.429. The molecule has 0 amide bonds. The van der Waals surface area contributed by atoms with Crippen molar-refractivity contribution in [3.63, 3.8) is 0 Å². The molecule has 3 nitrogen and oxygen atoms in total. The van der Waals surface area contributed by atoms with E-state index in [1.165, 1.54) is 6.42 Å². The number of hydrogen-bond acceptors (Lipinski definition) is 2. The minimum absolute atomic E-state index is 0.340. The van der Waals surface area contributed by atoms with Crippen LogP contribution in [0.4, 0.5) is 0 Å². The van der Waals surface area contributed by atoms with Crippen LogP contribution in [0.15, 0.2) is 18.5 Å². The van der Waals surface area contributed by atoms with Crippen LogP contribution in [0.5, 0.6) is 5.75 Å². The Morgan fingerprint density at radius 3 is 2.60 bits per heavy atom. The van der Waals surface area contributed by atoms with E-state index >= 15 is 0 Å². The van der Waals surface area contributed by atoms with Crippen molar-refractivity contribution in [2.24, 2.45) is 0 Å². The van der Waals surface area contributed by atoms with E-state index in [2.05, 4.69) is 5.01 Å². The van der Waals surface area contributed by atoms with Gasteiger partial charge in [-0.15, -0.1) is 0 Å².